The minimum absolute atomic E-state index is 0.0842. The SMILES string of the molecule is Cc1ccc(-c2noc(-c3ccc(N)c(F)c3)n2)cc1Br. The molecule has 21 heavy (non-hydrogen) atoms. The summed E-state index contributed by atoms with van der Waals surface area (Å²) in [7, 11) is 0. The number of aryl methyl sites for hydroxylation is 1. The molecule has 106 valence electrons. The van der Waals surface area contributed by atoms with Crippen LogP contribution < -0.4 is 5.73 Å². The van der Waals surface area contributed by atoms with Crippen LogP contribution in [0.5, 0.6) is 0 Å². The Morgan fingerprint density at radius 1 is 1.14 bits per heavy atom. The molecule has 1 aromatic heterocycles. The Morgan fingerprint density at radius 2 is 1.90 bits per heavy atom. The summed E-state index contributed by atoms with van der Waals surface area (Å²) in [5.74, 6) is 0.189. The number of nitrogen functional groups attached to an aromatic ring is 1. The normalized spacial score (nSPS) is 10.8. The number of nitrogens with two attached hydrogens (primary N) is 1. The Morgan fingerprint density at radius 3 is 2.62 bits per heavy atom. The first-order chi connectivity index (χ1) is 10.0. The first-order valence-corrected chi connectivity index (χ1v) is 6.99. The number of rotatable bonds is 2. The highest BCUT2D eigenvalue weighted by Crippen LogP contribution is 2.27. The lowest BCUT2D eigenvalue weighted by atomic mass is 10.1. The number of benzene rings is 2. The number of halogens is 2. The van der Waals surface area contributed by atoms with Crippen molar-refractivity contribution in [2.75, 3.05) is 5.73 Å². The molecule has 0 atom stereocenters. The Kier molecular flexibility index (Phi) is 3.47. The van der Waals surface area contributed by atoms with E-state index in [1.54, 1.807) is 6.07 Å². The van der Waals surface area contributed by atoms with E-state index in [4.69, 9.17) is 10.3 Å². The third-order valence-corrected chi connectivity index (χ3v) is 3.96. The molecule has 2 N–H and O–H groups in total. The standard InChI is InChI=1S/C15H11BrFN3O/c1-8-2-3-9(6-11(8)16)14-19-15(21-20-14)10-4-5-13(18)12(17)7-10/h2-7H,18H2,1H3. The van der Waals surface area contributed by atoms with Crippen molar-refractivity contribution < 1.29 is 8.91 Å². The third-order valence-electron chi connectivity index (χ3n) is 3.10. The lowest BCUT2D eigenvalue weighted by molar-refractivity contribution is 0.432. The quantitative estimate of drug-likeness (QED) is 0.705. The van der Waals surface area contributed by atoms with Crippen LogP contribution in [-0.2, 0) is 0 Å². The molecule has 2 aromatic carbocycles. The molecule has 0 aliphatic rings. The minimum Gasteiger partial charge on any atom is -0.396 e. The zero-order valence-electron chi connectivity index (χ0n) is 11.1. The van der Waals surface area contributed by atoms with Crippen molar-refractivity contribution in [2.45, 2.75) is 6.92 Å². The van der Waals surface area contributed by atoms with Crippen LogP contribution in [0, 0.1) is 12.7 Å². The molecule has 0 spiro atoms. The molecular formula is C15H11BrFN3O. The van der Waals surface area contributed by atoms with Gasteiger partial charge in [0, 0.05) is 15.6 Å². The van der Waals surface area contributed by atoms with Gasteiger partial charge in [-0.05, 0) is 36.8 Å². The van der Waals surface area contributed by atoms with Gasteiger partial charge in [0.05, 0.1) is 5.69 Å². The Labute approximate surface area is 128 Å². The lowest BCUT2D eigenvalue weighted by Gasteiger charge is -1.99. The molecular weight excluding hydrogens is 337 g/mol. The van der Waals surface area contributed by atoms with E-state index < -0.39 is 5.82 Å². The third kappa shape index (κ3) is 2.67. The summed E-state index contributed by atoms with van der Waals surface area (Å²) in [4.78, 5) is 4.29. The maximum Gasteiger partial charge on any atom is 0.258 e. The molecule has 0 saturated heterocycles. The van der Waals surface area contributed by atoms with Crippen molar-refractivity contribution >= 4 is 21.6 Å². The maximum atomic E-state index is 13.5. The van der Waals surface area contributed by atoms with Gasteiger partial charge in [0.15, 0.2) is 0 Å². The zero-order chi connectivity index (χ0) is 15.0. The van der Waals surface area contributed by atoms with Gasteiger partial charge in [-0.3, -0.25) is 0 Å². The van der Waals surface area contributed by atoms with Crippen LogP contribution in [0.25, 0.3) is 22.8 Å². The Balaban J connectivity index is 1.99. The van der Waals surface area contributed by atoms with Crippen molar-refractivity contribution in [3.05, 3.63) is 52.3 Å². The summed E-state index contributed by atoms with van der Waals surface area (Å²) in [5, 5.41) is 3.93. The Hall–Kier alpha value is -2.21. The van der Waals surface area contributed by atoms with Crippen LogP contribution in [-0.4, -0.2) is 10.1 Å². The highest BCUT2D eigenvalue weighted by atomic mass is 79.9. The molecule has 0 bridgehead atoms. The van der Waals surface area contributed by atoms with Crippen LogP contribution in [0.1, 0.15) is 5.56 Å². The molecule has 4 nitrogen and oxygen atoms in total. The van der Waals surface area contributed by atoms with Gasteiger partial charge in [-0.2, -0.15) is 4.98 Å². The second kappa shape index (κ2) is 5.29. The van der Waals surface area contributed by atoms with E-state index in [0.29, 0.717) is 11.4 Å². The van der Waals surface area contributed by atoms with E-state index >= 15 is 0 Å². The summed E-state index contributed by atoms with van der Waals surface area (Å²) in [5.41, 5.74) is 7.96. The van der Waals surface area contributed by atoms with E-state index in [-0.39, 0.29) is 11.6 Å². The predicted octanol–water partition coefficient (Wildman–Crippen LogP) is 4.20. The highest BCUT2D eigenvalue weighted by Gasteiger charge is 2.12. The van der Waals surface area contributed by atoms with E-state index in [0.717, 1.165) is 15.6 Å². The van der Waals surface area contributed by atoms with Crippen LogP contribution in [0.2, 0.25) is 0 Å². The summed E-state index contributed by atoms with van der Waals surface area (Å²) in [6.07, 6.45) is 0. The number of hydrogen-bond acceptors (Lipinski definition) is 4. The van der Waals surface area contributed by atoms with Gasteiger partial charge >= 0.3 is 0 Å². The maximum absolute atomic E-state index is 13.5. The molecule has 1 heterocycles. The molecule has 0 radical (unpaired) electrons. The molecule has 0 amide bonds. The minimum atomic E-state index is -0.509. The van der Waals surface area contributed by atoms with Crippen LogP contribution in [0.3, 0.4) is 0 Å². The fraction of sp³-hybridized carbons (Fsp3) is 0.0667. The van der Waals surface area contributed by atoms with Crippen molar-refractivity contribution in [3.8, 4) is 22.8 Å². The highest BCUT2D eigenvalue weighted by molar-refractivity contribution is 9.10. The first kappa shape index (κ1) is 13.8. The van der Waals surface area contributed by atoms with E-state index in [1.807, 2.05) is 25.1 Å². The van der Waals surface area contributed by atoms with Gasteiger partial charge in [0.1, 0.15) is 5.82 Å². The molecule has 0 unspecified atom stereocenters. The second-order valence-corrected chi connectivity index (χ2v) is 5.48. The molecule has 0 aliphatic heterocycles. The molecule has 3 rings (SSSR count). The monoisotopic (exact) mass is 347 g/mol. The van der Waals surface area contributed by atoms with Crippen LogP contribution in [0.4, 0.5) is 10.1 Å². The van der Waals surface area contributed by atoms with Gasteiger partial charge in [-0.15, -0.1) is 0 Å². The summed E-state index contributed by atoms with van der Waals surface area (Å²) in [6.45, 7) is 1.99. The first-order valence-electron chi connectivity index (χ1n) is 6.20. The fourth-order valence-corrected chi connectivity index (χ4v) is 2.23. The number of anilines is 1. The summed E-state index contributed by atoms with van der Waals surface area (Å²) < 4.78 is 19.6. The van der Waals surface area contributed by atoms with Crippen molar-refractivity contribution in [1.82, 2.24) is 10.1 Å². The second-order valence-electron chi connectivity index (χ2n) is 4.62. The number of hydrogen-bond donors (Lipinski definition) is 1. The van der Waals surface area contributed by atoms with Crippen LogP contribution in [0.15, 0.2) is 45.4 Å². The average Bonchev–Trinajstić information content (AvgIpc) is 2.94. The van der Waals surface area contributed by atoms with Crippen molar-refractivity contribution in [1.29, 1.82) is 0 Å². The summed E-state index contributed by atoms with van der Waals surface area (Å²) >= 11 is 3.46. The largest absolute Gasteiger partial charge is 0.396 e. The molecule has 6 heteroatoms. The molecule has 0 saturated carbocycles. The van der Waals surface area contributed by atoms with E-state index in [2.05, 4.69) is 26.1 Å². The average molecular weight is 348 g/mol. The zero-order valence-corrected chi connectivity index (χ0v) is 12.7. The van der Waals surface area contributed by atoms with Gasteiger partial charge in [0.2, 0.25) is 5.82 Å². The predicted molar refractivity (Wildman–Crippen MR) is 82.0 cm³/mol. The van der Waals surface area contributed by atoms with Gasteiger partial charge in [0.25, 0.3) is 5.89 Å². The summed E-state index contributed by atoms with van der Waals surface area (Å²) in [6, 6.07) is 10.2. The van der Waals surface area contributed by atoms with E-state index in [1.165, 1.54) is 12.1 Å². The van der Waals surface area contributed by atoms with Gasteiger partial charge in [-0.25, -0.2) is 4.39 Å². The van der Waals surface area contributed by atoms with Crippen molar-refractivity contribution in [3.63, 3.8) is 0 Å². The topological polar surface area (TPSA) is 64.9 Å². The molecule has 3 aromatic rings. The molecule has 0 fully saturated rings. The van der Waals surface area contributed by atoms with Gasteiger partial charge in [-0.1, -0.05) is 33.2 Å². The van der Waals surface area contributed by atoms with Crippen LogP contribution >= 0.6 is 15.9 Å². The Bertz CT molecular complexity index is 750. The number of nitrogens with zero attached hydrogens (tertiary/aromatic N) is 2. The van der Waals surface area contributed by atoms with Crippen molar-refractivity contribution in [2.24, 2.45) is 0 Å². The smallest absolute Gasteiger partial charge is 0.258 e. The van der Waals surface area contributed by atoms with E-state index in [9.17, 15) is 4.39 Å². The molecule has 0 aliphatic carbocycles. The fourth-order valence-electron chi connectivity index (χ4n) is 1.85. The van der Waals surface area contributed by atoms with Gasteiger partial charge < -0.3 is 10.3 Å². The lowest BCUT2D eigenvalue weighted by Crippen LogP contribution is -1.90. The number of aromatic nitrogens is 2.